The highest BCUT2D eigenvalue weighted by molar-refractivity contribution is 7.47. The number of phosphoric ester groups is 1. The summed E-state index contributed by atoms with van der Waals surface area (Å²) in [6, 6.07) is 0. The van der Waals surface area contributed by atoms with Crippen LogP contribution in [0.15, 0.2) is 122 Å². The second kappa shape index (κ2) is 46.5. The molecule has 2 unspecified atom stereocenters. The first-order chi connectivity index (χ1) is 32.0. The van der Waals surface area contributed by atoms with E-state index in [0.29, 0.717) is 23.9 Å². The first kappa shape index (κ1) is 62.4. The maximum atomic E-state index is 12.8. The number of esters is 2. The molecule has 2 atom stereocenters. The van der Waals surface area contributed by atoms with E-state index in [2.05, 4.69) is 135 Å². The van der Waals surface area contributed by atoms with E-state index in [1.807, 2.05) is 21.1 Å². The molecule has 0 aromatic heterocycles. The molecule has 0 spiro atoms. The maximum Gasteiger partial charge on any atom is 0.472 e. The summed E-state index contributed by atoms with van der Waals surface area (Å²) in [4.78, 5) is 35.5. The number of quaternary nitrogens is 1. The summed E-state index contributed by atoms with van der Waals surface area (Å²) in [5.41, 5.74) is 0. The number of allylic oxidation sites excluding steroid dienone is 20. The van der Waals surface area contributed by atoms with E-state index in [1.165, 1.54) is 25.7 Å². The largest absolute Gasteiger partial charge is 0.472 e. The normalized spacial score (nSPS) is 14.5. The van der Waals surface area contributed by atoms with Crippen LogP contribution in [0.5, 0.6) is 0 Å². The van der Waals surface area contributed by atoms with Crippen LogP contribution in [0.25, 0.3) is 0 Å². The summed E-state index contributed by atoms with van der Waals surface area (Å²) in [6.07, 6.45) is 65.4. The third-order valence-electron chi connectivity index (χ3n) is 9.99. The van der Waals surface area contributed by atoms with Crippen molar-refractivity contribution in [2.45, 2.75) is 174 Å². The Balaban J connectivity index is 4.32. The van der Waals surface area contributed by atoms with Gasteiger partial charge in [-0.1, -0.05) is 174 Å². The van der Waals surface area contributed by atoms with E-state index in [1.54, 1.807) is 0 Å². The van der Waals surface area contributed by atoms with Gasteiger partial charge < -0.3 is 18.9 Å². The molecule has 0 fully saturated rings. The van der Waals surface area contributed by atoms with Gasteiger partial charge in [0.2, 0.25) is 0 Å². The van der Waals surface area contributed by atoms with Gasteiger partial charge in [-0.3, -0.25) is 18.6 Å². The van der Waals surface area contributed by atoms with Crippen molar-refractivity contribution in [2.75, 3.05) is 47.5 Å². The van der Waals surface area contributed by atoms with Gasteiger partial charge in [-0.2, -0.15) is 0 Å². The van der Waals surface area contributed by atoms with E-state index < -0.39 is 32.5 Å². The number of hydrogen-bond donors (Lipinski definition) is 1. The predicted octanol–water partition coefficient (Wildman–Crippen LogP) is 15.2. The average Bonchev–Trinajstić information content (AvgIpc) is 3.27. The van der Waals surface area contributed by atoms with Gasteiger partial charge >= 0.3 is 19.8 Å². The number of rotatable bonds is 44. The van der Waals surface area contributed by atoms with Crippen LogP contribution in [-0.2, 0) is 32.7 Å². The Morgan fingerprint density at radius 3 is 1.24 bits per heavy atom. The van der Waals surface area contributed by atoms with E-state index in [-0.39, 0.29) is 26.1 Å². The van der Waals surface area contributed by atoms with Gasteiger partial charge in [-0.15, -0.1) is 0 Å². The van der Waals surface area contributed by atoms with E-state index in [0.717, 1.165) is 103 Å². The minimum absolute atomic E-state index is 0.0158. The molecule has 0 aromatic rings. The van der Waals surface area contributed by atoms with Crippen molar-refractivity contribution < 1.29 is 42.1 Å². The Labute approximate surface area is 403 Å². The van der Waals surface area contributed by atoms with Crippen LogP contribution in [0.4, 0.5) is 0 Å². The van der Waals surface area contributed by atoms with Crippen molar-refractivity contribution in [2.24, 2.45) is 0 Å². The summed E-state index contributed by atoms with van der Waals surface area (Å²) < 4.78 is 34.4. The lowest BCUT2D eigenvalue weighted by atomic mass is 10.1. The minimum Gasteiger partial charge on any atom is -0.462 e. The van der Waals surface area contributed by atoms with E-state index >= 15 is 0 Å². The Kier molecular flexibility index (Phi) is 44.0. The maximum absolute atomic E-state index is 12.8. The molecular formula is C56H93NO8P+. The number of carbonyl (C=O) groups is 2. The summed E-state index contributed by atoms with van der Waals surface area (Å²) >= 11 is 0. The number of ether oxygens (including phenoxy) is 2. The zero-order valence-corrected chi connectivity index (χ0v) is 43.0. The molecular weight excluding hydrogens is 846 g/mol. The van der Waals surface area contributed by atoms with Gasteiger partial charge in [0.15, 0.2) is 6.10 Å². The fourth-order valence-electron chi connectivity index (χ4n) is 6.12. The first-order valence-electron chi connectivity index (χ1n) is 25.3. The van der Waals surface area contributed by atoms with Crippen molar-refractivity contribution in [1.29, 1.82) is 0 Å². The van der Waals surface area contributed by atoms with Crippen molar-refractivity contribution in [3.63, 3.8) is 0 Å². The Morgan fingerprint density at radius 1 is 0.470 bits per heavy atom. The average molecular weight is 939 g/mol. The molecule has 1 N–H and O–H groups in total. The molecule has 0 aliphatic carbocycles. The van der Waals surface area contributed by atoms with Crippen LogP contribution in [0.1, 0.15) is 168 Å². The van der Waals surface area contributed by atoms with Crippen molar-refractivity contribution in [3.8, 4) is 0 Å². The number of nitrogens with zero attached hydrogens (tertiary/aromatic N) is 1. The molecule has 0 bridgehead atoms. The molecule has 0 heterocycles. The van der Waals surface area contributed by atoms with Gasteiger partial charge in [0, 0.05) is 12.8 Å². The van der Waals surface area contributed by atoms with Gasteiger partial charge in [0.1, 0.15) is 19.8 Å². The SMILES string of the molecule is CC/C=C\C/C=C\C/C=C\C/C=C\C/C=C\C/C=C\CCCCCCCCCCC(=O)OC(COC(=O)CCCC/C=C\C/C=C\C/C=C\C/C=C\CC)COP(=O)(O)OCC[N+](C)(C)C. The highest BCUT2D eigenvalue weighted by Gasteiger charge is 2.27. The van der Waals surface area contributed by atoms with Gasteiger partial charge in [-0.25, -0.2) is 4.57 Å². The van der Waals surface area contributed by atoms with Crippen LogP contribution in [0, 0.1) is 0 Å². The third kappa shape index (κ3) is 49.8. The Bertz CT molecular complexity index is 1530. The van der Waals surface area contributed by atoms with Gasteiger partial charge in [0.25, 0.3) is 0 Å². The minimum atomic E-state index is -4.40. The fraction of sp³-hybridized carbons (Fsp3) is 0.607. The molecule has 0 aliphatic rings. The highest BCUT2D eigenvalue weighted by Crippen LogP contribution is 2.43. The lowest BCUT2D eigenvalue weighted by Gasteiger charge is -2.24. The number of carbonyl (C=O) groups excluding carboxylic acids is 2. The van der Waals surface area contributed by atoms with Crippen molar-refractivity contribution in [1.82, 2.24) is 0 Å². The number of phosphoric acid groups is 1. The molecule has 0 aliphatic heterocycles. The number of unbranched alkanes of at least 4 members (excludes halogenated alkanes) is 10. The molecule has 10 heteroatoms. The summed E-state index contributed by atoms with van der Waals surface area (Å²) in [5, 5.41) is 0. The number of hydrogen-bond acceptors (Lipinski definition) is 7. The van der Waals surface area contributed by atoms with Crippen LogP contribution in [-0.4, -0.2) is 74.9 Å². The van der Waals surface area contributed by atoms with Crippen LogP contribution in [0.2, 0.25) is 0 Å². The molecule has 0 amide bonds. The molecule has 374 valence electrons. The second-order valence-electron chi connectivity index (χ2n) is 17.4. The smallest absolute Gasteiger partial charge is 0.462 e. The van der Waals surface area contributed by atoms with Crippen molar-refractivity contribution in [3.05, 3.63) is 122 Å². The van der Waals surface area contributed by atoms with Crippen LogP contribution >= 0.6 is 7.82 Å². The summed E-state index contributed by atoms with van der Waals surface area (Å²) in [5.74, 6) is -0.869. The lowest BCUT2D eigenvalue weighted by Crippen LogP contribution is -2.37. The molecule has 9 nitrogen and oxygen atoms in total. The third-order valence-corrected chi connectivity index (χ3v) is 11.0. The Morgan fingerprint density at radius 2 is 0.818 bits per heavy atom. The molecule has 0 rings (SSSR count). The number of likely N-dealkylation sites (N-methyl/N-ethyl adjacent to an activating group) is 1. The molecule has 0 radical (unpaired) electrons. The molecule has 0 saturated carbocycles. The fourth-order valence-corrected chi connectivity index (χ4v) is 6.87. The second-order valence-corrected chi connectivity index (χ2v) is 18.9. The van der Waals surface area contributed by atoms with Crippen LogP contribution < -0.4 is 0 Å². The summed E-state index contributed by atoms with van der Waals surface area (Å²) in [7, 11) is 1.43. The highest BCUT2D eigenvalue weighted by atomic mass is 31.2. The molecule has 66 heavy (non-hydrogen) atoms. The Hall–Kier alpha value is -3.59. The van der Waals surface area contributed by atoms with Gasteiger partial charge in [-0.05, 0) is 103 Å². The zero-order chi connectivity index (χ0) is 48.5. The quantitative estimate of drug-likeness (QED) is 0.0212. The van der Waals surface area contributed by atoms with Crippen molar-refractivity contribution >= 4 is 19.8 Å². The molecule has 0 aromatic carbocycles. The predicted molar refractivity (Wildman–Crippen MR) is 279 cm³/mol. The standard InChI is InChI=1S/C56H92NO8P/c1-6-8-10-12-14-16-18-20-22-23-24-25-26-27-28-29-30-31-32-33-35-37-39-41-43-45-47-49-56(59)65-54(53-64-66(60,61)63-51-50-57(3,4)5)52-62-55(58)48-46-44-42-40-38-36-34-21-19-17-15-13-11-9-7-2/h8-11,14-17,20-22,24-25,27-28,30-31,34,38,40,54H,6-7,12-13,18-19,23,26,29,32-33,35-37,39,41-53H2,1-5H3/p+1/b10-8-,11-9-,16-14-,17-15-,22-20-,25-24-,28-27-,31-30-,34-21-,40-38-. The molecule has 0 saturated heterocycles. The van der Waals surface area contributed by atoms with E-state index in [4.69, 9.17) is 18.5 Å². The summed E-state index contributed by atoms with van der Waals surface area (Å²) in [6.45, 7) is 4.11. The monoisotopic (exact) mass is 939 g/mol. The van der Waals surface area contributed by atoms with E-state index in [9.17, 15) is 19.0 Å². The van der Waals surface area contributed by atoms with Gasteiger partial charge in [0.05, 0.1) is 27.7 Å². The topological polar surface area (TPSA) is 108 Å². The lowest BCUT2D eigenvalue weighted by molar-refractivity contribution is -0.870. The van der Waals surface area contributed by atoms with Crippen LogP contribution in [0.3, 0.4) is 0 Å². The zero-order valence-electron chi connectivity index (χ0n) is 42.1. The first-order valence-corrected chi connectivity index (χ1v) is 26.8.